The second kappa shape index (κ2) is 9.65. The molecule has 1 atom stereocenters. The molecule has 8 heteroatoms. The van der Waals surface area contributed by atoms with E-state index in [1.165, 1.54) is 18.2 Å². The van der Waals surface area contributed by atoms with Crippen LogP contribution in [0.3, 0.4) is 0 Å². The van der Waals surface area contributed by atoms with E-state index < -0.39 is 4.92 Å². The zero-order valence-electron chi connectivity index (χ0n) is 16.6. The summed E-state index contributed by atoms with van der Waals surface area (Å²) < 4.78 is 0. The average molecular weight is 400 g/mol. The number of piperazine rings is 1. The Morgan fingerprint density at radius 1 is 1.24 bits per heavy atom. The molecule has 3 rings (SSSR count). The van der Waals surface area contributed by atoms with Crippen molar-refractivity contribution in [1.29, 1.82) is 0 Å². The van der Waals surface area contributed by atoms with E-state index in [1.54, 1.807) is 17.0 Å². The summed E-state index contributed by atoms with van der Waals surface area (Å²) in [5.41, 5.74) is 0.235. The van der Waals surface area contributed by atoms with Crippen molar-refractivity contribution < 1.29 is 14.5 Å². The van der Waals surface area contributed by atoms with Gasteiger partial charge >= 0.3 is 0 Å². The lowest BCUT2D eigenvalue weighted by Gasteiger charge is -2.40. The van der Waals surface area contributed by atoms with Crippen molar-refractivity contribution in [2.24, 2.45) is 5.92 Å². The first-order valence-electron chi connectivity index (χ1n) is 10.2. The van der Waals surface area contributed by atoms with E-state index in [9.17, 15) is 19.7 Å². The molecule has 2 fully saturated rings. The molecule has 29 heavy (non-hydrogen) atoms. The normalized spacial score (nSPS) is 19.0. The molecular weight excluding hydrogens is 372 g/mol. The smallest absolute Gasteiger partial charge is 0.270 e. The van der Waals surface area contributed by atoms with Gasteiger partial charge in [0, 0.05) is 50.4 Å². The van der Waals surface area contributed by atoms with Gasteiger partial charge in [0.25, 0.3) is 11.6 Å². The van der Waals surface area contributed by atoms with Crippen LogP contribution in [0, 0.1) is 16.0 Å². The maximum Gasteiger partial charge on any atom is 0.270 e. The first-order valence-corrected chi connectivity index (χ1v) is 10.2. The van der Waals surface area contributed by atoms with E-state index in [-0.39, 0.29) is 23.5 Å². The Labute approximate surface area is 170 Å². The minimum Gasteiger partial charge on any atom is -0.351 e. The average Bonchev–Trinajstić information content (AvgIpc) is 3.26. The maximum absolute atomic E-state index is 12.8. The second-order valence-electron chi connectivity index (χ2n) is 7.66. The van der Waals surface area contributed by atoms with Crippen LogP contribution in [0.1, 0.15) is 36.0 Å². The van der Waals surface area contributed by atoms with Crippen LogP contribution in [0.25, 0.3) is 0 Å². The van der Waals surface area contributed by atoms with Crippen molar-refractivity contribution in [1.82, 2.24) is 15.1 Å². The summed E-state index contributed by atoms with van der Waals surface area (Å²) in [7, 11) is 0. The number of amides is 2. The minimum absolute atomic E-state index is 0.0373. The lowest BCUT2D eigenvalue weighted by molar-refractivity contribution is -0.384. The largest absolute Gasteiger partial charge is 0.351 e. The van der Waals surface area contributed by atoms with E-state index in [1.807, 2.05) is 0 Å². The molecule has 1 aliphatic heterocycles. The van der Waals surface area contributed by atoms with Crippen molar-refractivity contribution in [3.63, 3.8) is 0 Å². The first-order chi connectivity index (χ1) is 14.0. The quantitative estimate of drug-likeness (QED) is 0.430. The highest BCUT2D eigenvalue weighted by molar-refractivity contribution is 5.95. The molecule has 0 aromatic heterocycles. The van der Waals surface area contributed by atoms with Gasteiger partial charge in [-0.1, -0.05) is 25.0 Å². The molecule has 0 spiro atoms. The highest BCUT2D eigenvalue weighted by Crippen LogP contribution is 2.31. The summed E-state index contributed by atoms with van der Waals surface area (Å²) in [6, 6.07) is 5.65. The highest BCUT2D eigenvalue weighted by Gasteiger charge is 2.37. The lowest BCUT2D eigenvalue weighted by atomic mass is 9.95. The molecule has 1 aromatic carbocycles. The zero-order valence-corrected chi connectivity index (χ0v) is 16.6. The summed E-state index contributed by atoms with van der Waals surface area (Å²) in [5, 5.41) is 13.9. The van der Waals surface area contributed by atoms with Crippen LogP contribution in [0.2, 0.25) is 0 Å². The Bertz CT molecular complexity index is 768. The van der Waals surface area contributed by atoms with Crippen LogP contribution >= 0.6 is 0 Å². The standard InChI is InChI=1S/C21H28N4O4/c1-2-10-22-20(26)19(16-6-3-4-7-16)23-11-13-24(14-12-23)21(27)17-8-5-9-18(15-17)25(28)29/h2,5,8-9,15-16,19H,1,3-4,6-7,10-14H2,(H,22,26)/t19-/m0/s1. The lowest BCUT2D eigenvalue weighted by Crippen LogP contribution is -2.58. The third-order valence-corrected chi connectivity index (χ3v) is 5.83. The molecular formula is C21H28N4O4. The fourth-order valence-corrected chi connectivity index (χ4v) is 4.37. The molecule has 1 N–H and O–H groups in total. The highest BCUT2D eigenvalue weighted by atomic mass is 16.6. The number of hydrogen-bond acceptors (Lipinski definition) is 5. The van der Waals surface area contributed by atoms with Crippen molar-refractivity contribution in [3.8, 4) is 0 Å². The molecule has 1 aromatic rings. The predicted octanol–water partition coefficient (Wildman–Crippen LogP) is 2.21. The van der Waals surface area contributed by atoms with Crippen LogP contribution in [-0.2, 0) is 4.79 Å². The molecule has 0 unspecified atom stereocenters. The van der Waals surface area contributed by atoms with Gasteiger partial charge in [0.2, 0.25) is 5.91 Å². The van der Waals surface area contributed by atoms with Crippen LogP contribution < -0.4 is 5.32 Å². The molecule has 8 nitrogen and oxygen atoms in total. The number of carbonyl (C=O) groups excluding carboxylic acids is 2. The van der Waals surface area contributed by atoms with Crippen LogP contribution in [0.15, 0.2) is 36.9 Å². The fourth-order valence-electron chi connectivity index (χ4n) is 4.37. The molecule has 1 saturated heterocycles. The molecule has 2 amide bonds. The molecule has 1 heterocycles. The van der Waals surface area contributed by atoms with Crippen molar-refractivity contribution in [2.75, 3.05) is 32.7 Å². The molecule has 1 aliphatic carbocycles. The summed E-state index contributed by atoms with van der Waals surface area (Å²) in [5.74, 6) is 0.177. The van der Waals surface area contributed by atoms with Crippen molar-refractivity contribution >= 4 is 17.5 Å². The number of non-ortho nitro benzene ring substituents is 1. The van der Waals surface area contributed by atoms with E-state index in [2.05, 4.69) is 16.8 Å². The number of nitrogens with zero attached hydrogens (tertiary/aromatic N) is 3. The van der Waals surface area contributed by atoms with Gasteiger partial charge in [-0.2, -0.15) is 0 Å². The number of hydrogen-bond donors (Lipinski definition) is 1. The van der Waals surface area contributed by atoms with Crippen LogP contribution in [-0.4, -0.2) is 65.3 Å². The number of rotatable bonds is 7. The van der Waals surface area contributed by atoms with Gasteiger partial charge in [-0.25, -0.2) is 0 Å². The Kier molecular flexibility index (Phi) is 6.98. The second-order valence-corrected chi connectivity index (χ2v) is 7.66. The van der Waals surface area contributed by atoms with Gasteiger partial charge in [-0.05, 0) is 24.8 Å². The summed E-state index contributed by atoms with van der Waals surface area (Å²) >= 11 is 0. The van der Waals surface area contributed by atoms with Crippen LogP contribution in [0.4, 0.5) is 5.69 Å². The Morgan fingerprint density at radius 3 is 2.55 bits per heavy atom. The van der Waals surface area contributed by atoms with Gasteiger partial charge in [0.05, 0.1) is 11.0 Å². The third kappa shape index (κ3) is 5.00. The van der Waals surface area contributed by atoms with Crippen molar-refractivity contribution in [2.45, 2.75) is 31.7 Å². The number of nitro benzene ring substituents is 1. The van der Waals surface area contributed by atoms with Gasteiger partial charge in [0.15, 0.2) is 0 Å². The molecule has 0 bridgehead atoms. The first kappa shape index (κ1) is 21.0. The zero-order chi connectivity index (χ0) is 20.8. The fraction of sp³-hybridized carbons (Fsp3) is 0.524. The van der Waals surface area contributed by atoms with Crippen LogP contribution in [0.5, 0.6) is 0 Å². The Morgan fingerprint density at radius 2 is 1.93 bits per heavy atom. The SMILES string of the molecule is C=CCNC(=O)[C@H](C1CCCC1)N1CCN(C(=O)c2cccc([N+](=O)[O-])c2)CC1. The number of nitrogens with one attached hydrogen (secondary N) is 1. The maximum atomic E-state index is 12.8. The summed E-state index contributed by atoms with van der Waals surface area (Å²) in [6.07, 6.45) is 6.10. The number of benzene rings is 1. The molecule has 2 aliphatic rings. The minimum atomic E-state index is -0.497. The predicted molar refractivity (Wildman–Crippen MR) is 110 cm³/mol. The monoisotopic (exact) mass is 400 g/mol. The third-order valence-electron chi connectivity index (χ3n) is 5.83. The van der Waals surface area contributed by atoms with E-state index >= 15 is 0 Å². The molecule has 156 valence electrons. The number of nitro groups is 1. The summed E-state index contributed by atoms with van der Waals surface area (Å²) in [6.45, 7) is 6.34. The number of carbonyl (C=O) groups is 2. The van der Waals surface area contributed by atoms with Gasteiger partial charge in [0.1, 0.15) is 0 Å². The van der Waals surface area contributed by atoms with Gasteiger partial charge in [-0.3, -0.25) is 24.6 Å². The van der Waals surface area contributed by atoms with Gasteiger partial charge in [-0.15, -0.1) is 6.58 Å². The van der Waals surface area contributed by atoms with E-state index in [0.29, 0.717) is 44.2 Å². The van der Waals surface area contributed by atoms with Gasteiger partial charge < -0.3 is 10.2 Å². The topological polar surface area (TPSA) is 95.8 Å². The summed E-state index contributed by atoms with van der Waals surface area (Å²) in [4.78, 5) is 39.9. The van der Waals surface area contributed by atoms with E-state index in [4.69, 9.17) is 0 Å². The Balaban J connectivity index is 1.65. The van der Waals surface area contributed by atoms with Crippen molar-refractivity contribution in [3.05, 3.63) is 52.6 Å². The molecule has 1 saturated carbocycles. The molecule has 0 radical (unpaired) electrons. The Hall–Kier alpha value is -2.74. The van der Waals surface area contributed by atoms with E-state index in [0.717, 1.165) is 25.7 Å².